The van der Waals surface area contributed by atoms with Crippen LogP contribution in [0.4, 0.5) is 0 Å². The fourth-order valence-electron chi connectivity index (χ4n) is 2.76. The zero-order chi connectivity index (χ0) is 10.5. The van der Waals surface area contributed by atoms with E-state index < -0.39 is 0 Å². The second-order valence-electron chi connectivity index (χ2n) is 5.30. The van der Waals surface area contributed by atoms with Gasteiger partial charge in [-0.05, 0) is 38.1 Å². The first-order valence-corrected chi connectivity index (χ1v) is 6.87. The van der Waals surface area contributed by atoms with Gasteiger partial charge >= 0.3 is 0 Å². The van der Waals surface area contributed by atoms with Crippen molar-refractivity contribution >= 4 is 0 Å². The zero-order valence-corrected chi connectivity index (χ0v) is 10.1. The fraction of sp³-hybridized carbons (Fsp3) is 1.00. The lowest BCUT2D eigenvalue weighted by atomic mass is 10.1. The molecule has 0 aromatic heterocycles. The molecule has 88 valence electrons. The first-order valence-electron chi connectivity index (χ1n) is 6.87. The van der Waals surface area contributed by atoms with Crippen LogP contribution in [0, 0.1) is 5.92 Å². The van der Waals surface area contributed by atoms with Gasteiger partial charge in [-0.15, -0.1) is 0 Å². The molecule has 2 nitrogen and oxygen atoms in total. The SMILES string of the molecule is CCCC1CC1NCC1CCCCCN1. The van der Waals surface area contributed by atoms with Crippen molar-refractivity contribution in [3.8, 4) is 0 Å². The molecule has 3 atom stereocenters. The molecule has 15 heavy (non-hydrogen) atoms. The molecule has 2 rings (SSSR count). The van der Waals surface area contributed by atoms with Gasteiger partial charge < -0.3 is 10.6 Å². The first-order chi connectivity index (χ1) is 7.40. The van der Waals surface area contributed by atoms with E-state index in [0.717, 1.165) is 18.0 Å². The van der Waals surface area contributed by atoms with Gasteiger partial charge in [-0.25, -0.2) is 0 Å². The second-order valence-corrected chi connectivity index (χ2v) is 5.30. The summed E-state index contributed by atoms with van der Waals surface area (Å²) in [4.78, 5) is 0. The van der Waals surface area contributed by atoms with E-state index >= 15 is 0 Å². The molecule has 0 radical (unpaired) electrons. The smallest absolute Gasteiger partial charge is 0.0192 e. The third-order valence-electron chi connectivity index (χ3n) is 3.87. The zero-order valence-electron chi connectivity index (χ0n) is 10.1. The second kappa shape index (κ2) is 5.86. The highest BCUT2D eigenvalue weighted by atomic mass is 15.0. The van der Waals surface area contributed by atoms with Crippen molar-refractivity contribution in [3.63, 3.8) is 0 Å². The van der Waals surface area contributed by atoms with Crippen LogP contribution in [-0.2, 0) is 0 Å². The van der Waals surface area contributed by atoms with Crippen LogP contribution < -0.4 is 10.6 Å². The van der Waals surface area contributed by atoms with Crippen molar-refractivity contribution < 1.29 is 0 Å². The Hall–Kier alpha value is -0.0800. The number of rotatable bonds is 5. The predicted molar refractivity (Wildman–Crippen MR) is 65.1 cm³/mol. The highest BCUT2D eigenvalue weighted by Crippen LogP contribution is 2.34. The Kier molecular flexibility index (Phi) is 4.45. The average Bonchev–Trinajstić information content (AvgIpc) is 2.99. The summed E-state index contributed by atoms with van der Waals surface area (Å²) in [6, 6.07) is 1.60. The Bertz CT molecular complexity index is 173. The molecular weight excluding hydrogens is 184 g/mol. The van der Waals surface area contributed by atoms with Crippen LogP contribution in [0.2, 0.25) is 0 Å². The lowest BCUT2D eigenvalue weighted by molar-refractivity contribution is 0.459. The van der Waals surface area contributed by atoms with Crippen LogP contribution in [-0.4, -0.2) is 25.2 Å². The van der Waals surface area contributed by atoms with Crippen LogP contribution in [0.25, 0.3) is 0 Å². The topological polar surface area (TPSA) is 24.1 Å². The van der Waals surface area contributed by atoms with Crippen LogP contribution in [0.5, 0.6) is 0 Å². The molecule has 2 N–H and O–H groups in total. The first kappa shape index (κ1) is 11.4. The van der Waals surface area contributed by atoms with Gasteiger partial charge in [0.1, 0.15) is 0 Å². The van der Waals surface area contributed by atoms with Crippen molar-refractivity contribution in [2.24, 2.45) is 5.92 Å². The van der Waals surface area contributed by atoms with E-state index in [-0.39, 0.29) is 0 Å². The molecule has 0 bridgehead atoms. The molecule has 0 aromatic carbocycles. The maximum absolute atomic E-state index is 3.73. The van der Waals surface area contributed by atoms with Gasteiger partial charge in [0.15, 0.2) is 0 Å². The standard InChI is InChI=1S/C13H26N2/c1-2-6-11-9-13(11)15-10-12-7-4-3-5-8-14-12/h11-15H,2-10H2,1H3. The third kappa shape index (κ3) is 3.76. The Morgan fingerprint density at radius 2 is 2.20 bits per heavy atom. The molecule has 3 unspecified atom stereocenters. The quantitative estimate of drug-likeness (QED) is 0.727. The van der Waals surface area contributed by atoms with Crippen LogP contribution in [0.1, 0.15) is 51.9 Å². The van der Waals surface area contributed by atoms with Crippen LogP contribution in [0.3, 0.4) is 0 Å². The largest absolute Gasteiger partial charge is 0.313 e. The molecule has 1 heterocycles. The lowest BCUT2D eigenvalue weighted by Gasteiger charge is -2.16. The highest BCUT2D eigenvalue weighted by Gasteiger charge is 2.35. The number of nitrogens with one attached hydrogen (secondary N) is 2. The molecular formula is C13H26N2. The van der Waals surface area contributed by atoms with Crippen molar-refractivity contribution in [2.75, 3.05) is 13.1 Å². The monoisotopic (exact) mass is 210 g/mol. The summed E-state index contributed by atoms with van der Waals surface area (Å²) in [6.45, 7) is 4.72. The maximum Gasteiger partial charge on any atom is 0.0192 e. The fourth-order valence-corrected chi connectivity index (χ4v) is 2.76. The Morgan fingerprint density at radius 1 is 1.27 bits per heavy atom. The molecule has 1 saturated carbocycles. The van der Waals surface area contributed by atoms with E-state index in [2.05, 4.69) is 17.6 Å². The molecule has 2 fully saturated rings. The number of hydrogen-bond donors (Lipinski definition) is 2. The molecule has 0 aromatic rings. The Morgan fingerprint density at radius 3 is 3.07 bits per heavy atom. The molecule has 1 aliphatic heterocycles. The predicted octanol–water partition coefficient (Wildman–Crippen LogP) is 2.30. The summed E-state index contributed by atoms with van der Waals surface area (Å²) >= 11 is 0. The summed E-state index contributed by atoms with van der Waals surface area (Å²) in [5.41, 5.74) is 0. The van der Waals surface area contributed by atoms with E-state index in [1.165, 1.54) is 58.0 Å². The van der Waals surface area contributed by atoms with Gasteiger partial charge in [-0.2, -0.15) is 0 Å². The molecule has 2 aliphatic rings. The van der Waals surface area contributed by atoms with Gasteiger partial charge in [0.2, 0.25) is 0 Å². The van der Waals surface area contributed by atoms with Crippen molar-refractivity contribution in [2.45, 2.75) is 64.0 Å². The molecule has 2 heteroatoms. The van der Waals surface area contributed by atoms with Crippen LogP contribution >= 0.6 is 0 Å². The summed E-state index contributed by atoms with van der Waals surface area (Å²) in [5.74, 6) is 1.00. The van der Waals surface area contributed by atoms with Gasteiger partial charge in [-0.1, -0.05) is 26.2 Å². The summed E-state index contributed by atoms with van der Waals surface area (Å²) in [7, 11) is 0. The van der Waals surface area contributed by atoms with Crippen molar-refractivity contribution in [1.29, 1.82) is 0 Å². The lowest BCUT2D eigenvalue weighted by Crippen LogP contribution is -2.39. The minimum absolute atomic E-state index is 0.746. The van der Waals surface area contributed by atoms with Gasteiger partial charge in [-0.3, -0.25) is 0 Å². The molecule has 0 spiro atoms. The van der Waals surface area contributed by atoms with E-state index in [4.69, 9.17) is 0 Å². The summed E-state index contributed by atoms with van der Waals surface area (Å²) in [5, 5.41) is 7.38. The summed E-state index contributed by atoms with van der Waals surface area (Å²) in [6.07, 6.45) is 9.80. The molecule has 1 saturated heterocycles. The molecule has 1 aliphatic carbocycles. The van der Waals surface area contributed by atoms with Gasteiger partial charge in [0.05, 0.1) is 0 Å². The minimum Gasteiger partial charge on any atom is -0.313 e. The van der Waals surface area contributed by atoms with Gasteiger partial charge in [0, 0.05) is 18.6 Å². The van der Waals surface area contributed by atoms with Gasteiger partial charge in [0.25, 0.3) is 0 Å². The number of hydrogen-bond acceptors (Lipinski definition) is 2. The normalized spacial score (nSPS) is 36.2. The maximum atomic E-state index is 3.73. The third-order valence-corrected chi connectivity index (χ3v) is 3.87. The summed E-state index contributed by atoms with van der Waals surface area (Å²) < 4.78 is 0. The average molecular weight is 210 g/mol. The van der Waals surface area contributed by atoms with Crippen molar-refractivity contribution in [1.82, 2.24) is 10.6 Å². The van der Waals surface area contributed by atoms with E-state index in [9.17, 15) is 0 Å². The Balaban J connectivity index is 1.57. The van der Waals surface area contributed by atoms with E-state index in [0.29, 0.717) is 0 Å². The van der Waals surface area contributed by atoms with E-state index in [1.807, 2.05) is 0 Å². The highest BCUT2D eigenvalue weighted by molar-refractivity contribution is 4.93. The van der Waals surface area contributed by atoms with Crippen LogP contribution in [0.15, 0.2) is 0 Å². The minimum atomic E-state index is 0.746. The Labute approximate surface area is 94.2 Å². The molecule has 0 amide bonds. The van der Waals surface area contributed by atoms with Crippen molar-refractivity contribution in [3.05, 3.63) is 0 Å². The van der Waals surface area contributed by atoms with E-state index in [1.54, 1.807) is 0 Å².